The van der Waals surface area contributed by atoms with Crippen molar-refractivity contribution in [2.45, 2.75) is 37.8 Å². The van der Waals surface area contributed by atoms with E-state index in [4.69, 9.17) is 9.15 Å². The van der Waals surface area contributed by atoms with Gasteiger partial charge in [-0.25, -0.2) is 0 Å². The van der Waals surface area contributed by atoms with Gasteiger partial charge in [0.05, 0.1) is 6.54 Å². The number of para-hydroxylation sites is 1. The molecule has 1 aromatic heterocycles. The van der Waals surface area contributed by atoms with E-state index in [0.717, 1.165) is 50.3 Å². The molecule has 4 rings (SSSR count). The van der Waals surface area contributed by atoms with E-state index in [0.29, 0.717) is 12.0 Å². The summed E-state index contributed by atoms with van der Waals surface area (Å²) in [5.41, 5.74) is 0. The maximum atomic E-state index is 5.80. The first kappa shape index (κ1) is 16.5. The van der Waals surface area contributed by atoms with Crippen molar-refractivity contribution >= 4 is 0 Å². The molecule has 0 spiro atoms. The van der Waals surface area contributed by atoms with Gasteiger partial charge in [-0.15, -0.1) is 10.2 Å². The topological polar surface area (TPSA) is 54.6 Å². The third kappa shape index (κ3) is 4.38. The third-order valence-electron chi connectivity index (χ3n) is 5.08. The van der Waals surface area contributed by atoms with Crippen LogP contribution in [0, 0.1) is 0 Å². The van der Waals surface area contributed by atoms with E-state index >= 15 is 0 Å². The Hall–Kier alpha value is -1.92. The molecule has 1 atom stereocenters. The van der Waals surface area contributed by atoms with E-state index in [2.05, 4.69) is 27.0 Å². The van der Waals surface area contributed by atoms with Gasteiger partial charge in [-0.05, 0) is 45.0 Å². The van der Waals surface area contributed by atoms with E-state index < -0.39 is 0 Å². The standard InChI is InChI=1S/C19H26N4O2/c1-22(14-18-20-21-19(25-18)15-7-8-15)16-9-10-23(13-16)11-12-24-17-5-3-2-4-6-17/h2-6,15-16H,7-14H2,1H3. The molecule has 1 unspecified atom stereocenters. The number of aromatic nitrogens is 2. The lowest BCUT2D eigenvalue weighted by atomic mass is 10.2. The fraction of sp³-hybridized carbons (Fsp3) is 0.579. The van der Waals surface area contributed by atoms with Crippen LogP contribution in [0.25, 0.3) is 0 Å². The van der Waals surface area contributed by atoms with Gasteiger partial charge in [0.1, 0.15) is 12.4 Å². The van der Waals surface area contributed by atoms with Gasteiger partial charge < -0.3 is 9.15 Å². The van der Waals surface area contributed by atoms with Gasteiger partial charge in [0.15, 0.2) is 0 Å². The third-order valence-corrected chi connectivity index (χ3v) is 5.08. The first-order valence-electron chi connectivity index (χ1n) is 9.20. The summed E-state index contributed by atoms with van der Waals surface area (Å²) >= 11 is 0. The second kappa shape index (κ2) is 7.54. The Morgan fingerprint density at radius 3 is 2.84 bits per heavy atom. The van der Waals surface area contributed by atoms with Crippen LogP contribution < -0.4 is 4.74 Å². The second-order valence-corrected chi connectivity index (χ2v) is 7.13. The van der Waals surface area contributed by atoms with Crippen molar-refractivity contribution in [3.63, 3.8) is 0 Å². The lowest BCUT2D eigenvalue weighted by Crippen LogP contribution is -2.35. The summed E-state index contributed by atoms with van der Waals surface area (Å²) in [6, 6.07) is 10.5. The summed E-state index contributed by atoms with van der Waals surface area (Å²) in [6.07, 6.45) is 3.56. The molecule has 1 aliphatic carbocycles. The Bertz CT molecular complexity index is 671. The van der Waals surface area contributed by atoms with E-state index in [-0.39, 0.29) is 0 Å². The van der Waals surface area contributed by atoms with E-state index in [1.165, 1.54) is 19.3 Å². The Labute approximate surface area is 148 Å². The monoisotopic (exact) mass is 342 g/mol. The lowest BCUT2D eigenvalue weighted by molar-refractivity contribution is 0.192. The minimum atomic E-state index is 0.526. The summed E-state index contributed by atoms with van der Waals surface area (Å²) in [4.78, 5) is 4.80. The molecular weight excluding hydrogens is 316 g/mol. The van der Waals surface area contributed by atoms with Crippen LogP contribution in [0.1, 0.15) is 37.0 Å². The molecule has 0 radical (unpaired) electrons. The maximum absolute atomic E-state index is 5.80. The molecule has 2 aliphatic rings. The first-order chi connectivity index (χ1) is 12.3. The van der Waals surface area contributed by atoms with Crippen molar-refractivity contribution < 1.29 is 9.15 Å². The summed E-state index contributed by atoms with van der Waals surface area (Å²) in [5.74, 6) is 3.04. The summed E-state index contributed by atoms with van der Waals surface area (Å²) in [7, 11) is 2.15. The quantitative estimate of drug-likeness (QED) is 0.735. The summed E-state index contributed by atoms with van der Waals surface area (Å²) in [6.45, 7) is 4.61. The average molecular weight is 342 g/mol. The Morgan fingerprint density at radius 1 is 1.20 bits per heavy atom. The molecule has 25 heavy (non-hydrogen) atoms. The first-order valence-corrected chi connectivity index (χ1v) is 9.20. The molecule has 1 aliphatic heterocycles. The SMILES string of the molecule is CN(Cc1nnc(C2CC2)o1)C1CCN(CCOc2ccccc2)C1. The van der Waals surface area contributed by atoms with Gasteiger partial charge in [0, 0.05) is 25.0 Å². The van der Waals surface area contributed by atoms with Crippen LogP contribution in [0.15, 0.2) is 34.7 Å². The number of hydrogen-bond donors (Lipinski definition) is 0. The zero-order valence-corrected chi connectivity index (χ0v) is 14.8. The minimum Gasteiger partial charge on any atom is -0.492 e. The number of hydrogen-bond acceptors (Lipinski definition) is 6. The molecule has 1 saturated heterocycles. The molecule has 2 heterocycles. The Kier molecular flexibility index (Phi) is 4.99. The van der Waals surface area contributed by atoms with Crippen molar-refractivity contribution in [1.29, 1.82) is 0 Å². The van der Waals surface area contributed by atoms with Gasteiger partial charge in [0.2, 0.25) is 11.8 Å². The number of benzene rings is 1. The average Bonchev–Trinajstić information content (AvgIpc) is 3.19. The van der Waals surface area contributed by atoms with Crippen LogP contribution in [0.4, 0.5) is 0 Å². The van der Waals surface area contributed by atoms with Crippen molar-refractivity contribution in [3.05, 3.63) is 42.1 Å². The van der Waals surface area contributed by atoms with Crippen LogP contribution in [0.5, 0.6) is 5.75 Å². The molecule has 1 aromatic carbocycles. The normalized spacial score (nSPS) is 21.1. The molecule has 0 amide bonds. The van der Waals surface area contributed by atoms with E-state index in [9.17, 15) is 0 Å². The highest BCUT2D eigenvalue weighted by Crippen LogP contribution is 2.39. The molecular formula is C19H26N4O2. The number of rotatable bonds is 8. The number of ether oxygens (including phenoxy) is 1. The van der Waals surface area contributed by atoms with Crippen molar-refractivity contribution in [3.8, 4) is 5.75 Å². The van der Waals surface area contributed by atoms with Crippen LogP contribution in [-0.2, 0) is 6.54 Å². The molecule has 6 nitrogen and oxygen atoms in total. The van der Waals surface area contributed by atoms with Gasteiger partial charge in [-0.2, -0.15) is 0 Å². The smallest absolute Gasteiger partial charge is 0.230 e. The van der Waals surface area contributed by atoms with Crippen LogP contribution in [0.3, 0.4) is 0 Å². The van der Waals surface area contributed by atoms with Gasteiger partial charge in [-0.3, -0.25) is 9.80 Å². The number of nitrogens with zero attached hydrogens (tertiary/aromatic N) is 4. The molecule has 6 heteroatoms. The van der Waals surface area contributed by atoms with E-state index in [1.807, 2.05) is 30.3 Å². The van der Waals surface area contributed by atoms with Crippen molar-refractivity contribution in [2.75, 3.05) is 33.3 Å². The molecule has 1 saturated carbocycles. The summed E-state index contributed by atoms with van der Waals surface area (Å²) < 4.78 is 11.6. The molecule has 0 bridgehead atoms. The fourth-order valence-electron chi connectivity index (χ4n) is 3.35. The highest BCUT2D eigenvalue weighted by Gasteiger charge is 2.30. The van der Waals surface area contributed by atoms with Crippen molar-refractivity contribution in [2.24, 2.45) is 0 Å². The highest BCUT2D eigenvalue weighted by atomic mass is 16.5. The van der Waals surface area contributed by atoms with Crippen LogP contribution in [-0.4, -0.2) is 59.3 Å². The maximum Gasteiger partial charge on any atom is 0.230 e. The molecule has 2 aromatic rings. The van der Waals surface area contributed by atoms with Crippen LogP contribution >= 0.6 is 0 Å². The number of likely N-dealkylation sites (N-methyl/N-ethyl adjacent to an activating group) is 1. The lowest BCUT2D eigenvalue weighted by Gasteiger charge is -2.23. The Balaban J connectivity index is 1.20. The predicted octanol–water partition coefficient (Wildman–Crippen LogP) is 2.53. The van der Waals surface area contributed by atoms with Crippen molar-refractivity contribution in [1.82, 2.24) is 20.0 Å². The zero-order valence-electron chi connectivity index (χ0n) is 14.8. The highest BCUT2D eigenvalue weighted by molar-refractivity contribution is 5.20. The van der Waals surface area contributed by atoms with Gasteiger partial charge >= 0.3 is 0 Å². The summed E-state index contributed by atoms with van der Waals surface area (Å²) in [5, 5.41) is 8.37. The molecule has 134 valence electrons. The zero-order chi connectivity index (χ0) is 17.1. The predicted molar refractivity (Wildman–Crippen MR) is 94.5 cm³/mol. The molecule has 2 fully saturated rings. The van der Waals surface area contributed by atoms with Gasteiger partial charge in [0.25, 0.3) is 0 Å². The largest absolute Gasteiger partial charge is 0.492 e. The van der Waals surface area contributed by atoms with Crippen LogP contribution in [0.2, 0.25) is 0 Å². The minimum absolute atomic E-state index is 0.526. The van der Waals surface area contributed by atoms with Gasteiger partial charge in [-0.1, -0.05) is 18.2 Å². The fourth-order valence-corrected chi connectivity index (χ4v) is 3.35. The van der Waals surface area contributed by atoms with E-state index in [1.54, 1.807) is 0 Å². The number of likely N-dealkylation sites (tertiary alicyclic amines) is 1. The molecule has 0 N–H and O–H groups in total. The second-order valence-electron chi connectivity index (χ2n) is 7.13. The Morgan fingerprint density at radius 2 is 2.04 bits per heavy atom.